The molecule has 3 rings (SSSR count). The summed E-state index contributed by atoms with van der Waals surface area (Å²) in [6.07, 6.45) is 7.75. The molecule has 0 bridgehead atoms. The van der Waals surface area contributed by atoms with E-state index in [0.717, 1.165) is 37.0 Å². The molecule has 0 aliphatic heterocycles. The van der Waals surface area contributed by atoms with Gasteiger partial charge in [0.05, 0.1) is 9.82 Å². The van der Waals surface area contributed by atoms with E-state index >= 15 is 0 Å². The fraction of sp³-hybridized carbons (Fsp3) is 0.588. The van der Waals surface area contributed by atoms with Gasteiger partial charge in [-0.3, -0.25) is 10.1 Å². The van der Waals surface area contributed by atoms with Gasteiger partial charge in [-0.25, -0.2) is 4.83 Å². The number of nitrogens with zero attached hydrogens (tertiary/aromatic N) is 2. The van der Waals surface area contributed by atoms with E-state index in [1.54, 1.807) is 6.92 Å². The Kier molecular flexibility index (Phi) is 5.08. The highest BCUT2D eigenvalue weighted by atomic mass is 32.2. The fourth-order valence-electron chi connectivity index (χ4n) is 3.92. The van der Waals surface area contributed by atoms with E-state index in [-0.39, 0.29) is 10.6 Å². The van der Waals surface area contributed by atoms with Crippen molar-refractivity contribution in [2.24, 2.45) is 16.9 Å². The summed E-state index contributed by atoms with van der Waals surface area (Å²) in [7, 11) is -3.90. The van der Waals surface area contributed by atoms with E-state index in [0.29, 0.717) is 11.5 Å². The number of rotatable bonds is 4. The van der Waals surface area contributed by atoms with Crippen LogP contribution in [0.15, 0.2) is 28.2 Å². The van der Waals surface area contributed by atoms with Crippen LogP contribution in [0.5, 0.6) is 0 Å². The van der Waals surface area contributed by atoms with Crippen molar-refractivity contribution in [3.8, 4) is 0 Å². The van der Waals surface area contributed by atoms with E-state index in [1.165, 1.54) is 37.8 Å². The van der Waals surface area contributed by atoms with E-state index in [2.05, 4.69) is 9.93 Å². The molecule has 25 heavy (non-hydrogen) atoms. The molecule has 2 atom stereocenters. The lowest BCUT2D eigenvalue weighted by atomic mass is 9.70. The van der Waals surface area contributed by atoms with Gasteiger partial charge in [-0.1, -0.05) is 25.3 Å². The molecule has 0 aromatic heterocycles. The maximum absolute atomic E-state index is 12.4. The van der Waals surface area contributed by atoms with Crippen molar-refractivity contribution >= 4 is 21.4 Å². The smallest absolute Gasteiger partial charge is 0.258 e. The standard InChI is InChI=1S/C17H23N3O4S/c1-12-6-9-16(11-17(12)20(21)22)25(23,24)19-18-15-8-7-13-4-2-3-5-14(13)10-15/h6,9,11,13-14,19H,2-5,7-8,10H2,1H3/b18-15+/t13-,14+/m1/s1. The van der Waals surface area contributed by atoms with Crippen molar-refractivity contribution < 1.29 is 13.3 Å². The molecule has 1 aromatic carbocycles. The predicted octanol–water partition coefficient (Wildman–Crippen LogP) is 3.53. The van der Waals surface area contributed by atoms with Crippen molar-refractivity contribution in [3.05, 3.63) is 33.9 Å². The number of hydrazone groups is 1. The third kappa shape index (κ3) is 4.00. The highest BCUT2D eigenvalue weighted by Gasteiger charge is 2.30. The number of hydrogen-bond acceptors (Lipinski definition) is 5. The Labute approximate surface area is 147 Å². The number of hydrogen-bond donors (Lipinski definition) is 1. The van der Waals surface area contributed by atoms with Crippen LogP contribution in [0.25, 0.3) is 0 Å². The number of benzene rings is 1. The lowest BCUT2D eigenvalue weighted by Gasteiger charge is -2.35. The Morgan fingerprint density at radius 2 is 1.92 bits per heavy atom. The summed E-state index contributed by atoms with van der Waals surface area (Å²) >= 11 is 0. The summed E-state index contributed by atoms with van der Waals surface area (Å²) in [5.74, 6) is 1.37. The molecule has 0 unspecified atom stereocenters. The number of sulfonamides is 1. The van der Waals surface area contributed by atoms with Gasteiger partial charge in [0.2, 0.25) is 0 Å². The third-order valence-electron chi connectivity index (χ3n) is 5.38. The highest BCUT2D eigenvalue weighted by molar-refractivity contribution is 7.89. The third-order valence-corrected chi connectivity index (χ3v) is 6.59. The molecule has 0 spiro atoms. The van der Waals surface area contributed by atoms with Crippen LogP contribution in [0.4, 0.5) is 5.69 Å². The Morgan fingerprint density at radius 3 is 2.64 bits per heavy atom. The molecule has 0 radical (unpaired) electrons. The van der Waals surface area contributed by atoms with Crippen LogP contribution in [0.3, 0.4) is 0 Å². The maximum Gasteiger partial charge on any atom is 0.276 e. The van der Waals surface area contributed by atoms with Crippen molar-refractivity contribution in [1.29, 1.82) is 0 Å². The number of fused-ring (bicyclic) bond motifs is 1. The summed E-state index contributed by atoms with van der Waals surface area (Å²) < 4.78 is 24.8. The van der Waals surface area contributed by atoms with Crippen LogP contribution < -0.4 is 4.83 Å². The molecule has 2 saturated carbocycles. The molecule has 8 heteroatoms. The average molecular weight is 365 g/mol. The van der Waals surface area contributed by atoms with E-state index < -0.39 is 14.9 Å². The molecule has 0 heterocycles. The normalized spacial score (nSPS) is 25.4. The van der Waals surface area contributed by atoms with E-state index in [1.807, 2.05) is 0 Å². The number of nitro groups is 1. The summed E-state index contributed by atoms with van der Waals surface area (Å²) in [6.45, 7) is 1.57. The van der Waals surface area contributed by atoms with Gasteiger partial charge in [0, 0.05) is 17.3 Å². The van der Waals surface area contributed by atoms with Gasteiger partial charge in [0.25, 0.3) is 15.7 Å². The molecule has 2 fully saturated rings. The molecule has 136 valence electrons. The van der Waals surface area contributed by atoms with E-state index in [9.17, 15) is 18.5 Å². The zero-order valence-electron chi connectivity index (χ0n) is 14.3. The molecular formula is C17H23N3O4S. The van der Waals surface area contributed by atoms with E-state index in [4.69, 9.17) is 0 Å². The highest BCUT2D eigenvalue weighted by Crippen LogP contribution is 2.39. The molecule has 0 amide bonds. The van der Waals surface area contributed by atoms with Gasteiger partial charge in [-0.2, -0.15) is 13.5 Å². The summed E-state index contributed by atoms with van der Waals surface area (Å²) in [4.78, 5) is 12.5. The minimum Gasteiger partial charge on any atom is -0.258 e. The van der Waals surface area contributed by atoms with Crippen molar-refractivity contribution in [2.75, 3.05) is 0 Å². The van der Waals surface area contributed by atoms with Crippen LogP contribution in [-0.4, -0.2) is 19.1 Å². The Bertz CT molecular complexity index is 804. The SMILES string of the molecule is Cc1ccc(S(=O)(=O)N/N=C2\CC[C@H]3CCCC[C@H]3C2)cc1[N+](=O)[O-]. The fourth-order valence-corrected chi connectivity index (χ4v) is 4.79. The van der Waals surface area contributed by atoms with Crippen molar-refractivity contribution in [1.82, 2.24) is 4.83 Å². The predicted molar refractivity (Wildman–Crippen MR) is 94.9 cm³/mol. The van der Waals surface area contributed by atoms with Gasteiger partial charge in [0.15, 0.2) is 0 Å². The average Bonchev–Trinajstić information content (AvgIpc) is 2.60. The second-order valence-corrected chi connectivity index (χ2v) is 8.69. The second-order valence-electron chi connectivity index (χ2n) is 7.03. The summed E-state index contributed by atoms with van der Waals surface area (Å²) in [5.41, 5.74) is 1.09. The monoisotopic (exact) mass is 365 g/mol. The van der Waals surface area contributed by atoms with Crippen molar-refractivity contribution in [2.45, 2.75) is 56.8 Å². The van der Waals surface area contributed by atoms with Crippen LogP contribution >= 0.6 is 0 Å². The maximum atomic E-state index is 12.4. The van der Waals surface area contributed by atoms with Gasteiger partial charge >= 0.3 is 0 Å². The number of aryl methyl sites for hydroxylation is 1. The molecule has 7 nitrogen and oxygen atoms in total. The zero-order chi connectivity index (χ0) is 18.0. The number of nitrogens with one attached hydrogen (secondary N) is 1. The van der Waals surface area contributed by atoms with Gasteiger partial charge in [-0.05, 0) is 50.5 Å². The lowest BCUT2D eigenvalue weighted by molar-refractivity contribution is -0.385. The first-order valence-corrected chi connectivity index (χ1v) is 10.2. The Balaban J connectivity index is 1.73. The molecule has 1 aromatic rings. The first-order chi connectivity index (χ1) is 11.9. The molecule has 1 N–H and O–H groups in total. The molecule has 2 aliphatic carbocycles. The quantitative estimate of drug-likeness (QED) is 0.651. The Hall–Kier alpha value is -1.96. The van der Waals surface area contributed by atoms with Crippen molar-refractivity contribution in [3.63, 3.8) is 0 Å². The first kappa shape index (κ1) is 17.8. The zero-order valence-corrected chi connectivity index (χ0v) is 15.1. The lowest BCUT2D eigenvalue weighted by Crippen LogP contribution is -2.29. The summed E-state index contributed by atoms with van der Waals surface area (Å²) in [5, 5.41) is 15.1. The minimum atomic E-state index is -3.90. The minimum absolute atomic E-state index is 0.138. The van der Waals surface area contributed by atoms with Gasteiger partial charge < -0.3 is 0 Å². The topological polar surface area (TPSA) is 102 Å². The molecule has 2 aliphatic rings. The largest absolute Gasteiger partial charge is 0.276 e. The van der Waals surface area contributed by atoms with Gasteiger partial charge in [-0.15, -0.1) is 0 Å². The van der Waals surface area contributed by atoms with Crippen LogP contribution in [-0.2, 0) is 10.0 Å². The van der Waals surface area contributed by atoms with Crippen LogP contribution in [0.1, 0.15) is 50.5 Å². The van der Waals surface area contributed by atoms with Crippen LogP contribution in [0.2, 0.25) is 0 Å². The second kappa shape index (κ2) is 7.11. The van der Waals surface area contributed by atoms with Crippen LogP contribution in [0, 0.1) is 28.9 Å². The first-order valence-electron chi connectivity index (χ1n) is 8.69. The molecular weight excluding hydrogens is 342 g/mol. The van der Waals surface area contributed by atoms with Gasteiger partial charge in [0.1, 0.15) is 0 Å². The molecule has 0 saturated heterocycles. The Morgan fingerprint density at radius 1 is 1.20 bits per heavy atom. The summed E-state index contributed by atoms with van der Waals surface area (Å²) in [6, 6.07) is 3.88. The number of nitro benzene ring substituents is 1.